The topological polar surface area (TPSA) is 55.4 Å². The predicted octanol–water partition coefficient (Wildman–Crippen LogP) is 3.80. The average molecular weight is 297 g/mol. The van der Waals surface area contributed by atoms with Crippen LogP contribution in [-0.2, 0) is 4.79 Å². The highest BCUT2D eigenvalue weighted by Crippen LogP contribution is 2.27. The van der Waals surface area contributed by atoms with E-state index in [4.69, 9.17) is 4.74 Å². The summed E-state index contributed by atoms with van der Waals surface area (Å²) in [7, 11) is 0. The second-order valence-corrected chi connectivity index (χ2v) is 5.35. The van der Waals surface area contributed by atoms with Gasteiger partial charge in [-0.05, 0) is 47.7 Å². The van der Waals surface area contributed by atoms with Crippen LogP contribution in [0.4, 0.5) is 4.79 Å². The number of benzene rings is 2. The van der Waals surface area contributed by atoms with Crippen molar-refractivity contribution in [2.75, 3.05) is 0 Å². The number of thioether (sulfide) groups is 1. The van der Waals surface area contributed by atoms with Crippen LogP contribution in [0.2, 0.25) is 0 Å². The summed E-state index contributed by atoms with van der Waals surface area (Å²) in [6.07, 6.45) is 1.67. The lowest BCUT2D eigenvalue weighted by molar-refractivity contribution is -0.115. The van der Waals surface area contributed by atoms with Gasteiger partial charge in [-0.1, -0.05) is 30.3 Å². The van der Waals surface area contributed by atoms with Crippen LogP contribution >= 0.6 is 11.8 Å². The zero-order chi connectivity index (χ0) is 14.7. The molecular weight excluding hydrogens is 286 g/mol. The minimum Gasteiger partial charge on any atom is -0.457 e. The van der Waals surface area contributed by atoms with Gasteiger partial charge in [0.05, 0.1) is 4.91 Å². The molecule has 0 spiro atoms. The summed E-state index contributed by atoms with van der Waals surface area (Å²) < 4.78 is 5.73. The normalized spacial score (nSPS) is 16.1. The minimum absolute atomic E-state index is 0.344. The molecule has 1 saturated heterocycles. The summed E-state index contributed by atoms with van der Waals surface area (Å²) in [5.74, 6) is 1.05. The van der Waals surface area contributed by atoms with Gasteiger partial charge in [0.2, 0.25) is 0 Å². The van der Waals surface area contributed by atoms with E-state index >= 15 is 0 Å². The van der Waals surface area contributed by atoms with Crippen molar-refractivity contribution in [3.05, 3.63) is 65.1 Å². The Hall–Kier alpha value is -2.53. The fourth-order valence-corrected chi connectivity index (χ4v) is 2.55. The van der Waals surface area contributed by atoms with E-state index in [1.54, 1.807) is 6.08 Å². The molecule has 0 saturated carbocycles. The number of carbonyl (C=O) groups excluding carboxylic acids is 2. The second-order valence-electron chi connectivity index (χ2n) is 4.34. The molecule has 0 radical (unpaired) electrons. The summed E-state index contributed by atoms with van der Waals surface area (Å²) >= 11 is 0.899. The van der Waals surface area contributed by atoms with Gasteiger partial charge >= 0.3 is 0 Å². The zero-order valence-electron chi connectivity index (χ0n) is 10.9. The van der Waals surface area contributed by atoms with Crippen molar-refractivity contribution >= 4 is 29.0 Å². The van der Waals surface area contributed by atoms with E-state index in [0.29, 0.717) is 10.7 Å². The molecule has 3 rings (SSSR count). The lowest BCUT2D eigenvalue weighted by atomic mass is 10.2. The van der Waals surface area contributed by atoms with Gasteiger partial charge in [0.1, 0.15) is 11.5 Å². The molecule has 104 valence electrons. The van der Waals surface area contributed by atoms with Crippen LogP contribution in [0.5, 0.6) is 11.5 Å². The molecule has 0 unspecified atom stereocenters. The molecule has 21 heavy (non-hydrogen) atoms. The van der Waals surface area contributed by atoms with E-state index in [1.807, 2.05) is 54.6 Å². The van der Waals surface area contributed by atoms with Gasteiger partial charge in [0.15, 0.2) is 0 Å². The molecule has 1 N–H and O–H groups in total. The Morgan fingerprint density at radius 2 is 1.71 bits per heavy atom. The molecule has 4 nitrogen and oxygen atoms in total. The molecule has 5 heteroatoms. The van der Waals surface area contributed by atoms with Crippen molar-refractivity contribution in [3.63, 3.8) is 0 Å². The van der Waals surface area contributed by atoms with Gasteiger partial charge in [-0.25, -0.2) is 0 Å². The van der Waals surface area contributed by atoms with Crippen LogP contribution in [0.3, 0.4) is 0 Å². The highest BCUT2D eigenvalue weighted by molar-refractivity contribution is 8.18. The van der Waals surface area contributed by atoms with Crippen LogP contribution in [0, 0.1) is 0 Å². The Bertz CT molecular complexity index is 725. The van der Waals surface area contributed by atoms with Crippen LogP contribution in [0.15, 0.2) is 59.5 Å². The number of ether oxygens (including phenoxy) is 1. The first-order chi connectivity index (χ1) is 10.2. The summed E-state index contributed by atoms with van der Waals surface area (Å²) in [6, 6.07) is 16.8. The van der Waals surface area contributed by atoms with E-state index in [9.17, 15) is 9.59 Å². The molecule has 1 aliphatic heterocycles. The monoisotopic (exact) mass is 297 g/mol. The van der Waals surface area contributed by atoms with Gasteiger partial charge in [0.25, 0.3) is 11.1 Å². The second kappa shape index (κ2) is 5.85. The first-order valence-electron chi connectivity index (χ1n) is 6.28. The molecule has 1 fully saturated rings. The maximum absolute atomic E-state index is 11.5. The van der Waals surface area contributed by atoms with Crippen molar-refractivity contribution in [2.45, 2.75) is 0 Å². The number of carbonyl (C=O) groups is 2. The van der Waals surface area contributed by atoms with Crippen molar-refractivity contribution in [3.8, 4) is 11.5 Å². The summed E-state index contributed by atoms with van der Waals surface area (Å²) in [6.45, 7) is 0. The van der Waals surface area contributed by atoms with E-state index in [2.05, 4.69) is 5.32 Å². The minimum atomic E-state index is -0.362. The molecule has 0 bridgehead atoms. The van der Waals surface area contributed by atoms with Crippen LogP contribution in [0.1, 0.15) is 5.56 Å². The lowest BCUT2D eigenvalue weighted by Crippen LogP contribution is -2.17. The molecule has 0 aromatic heterocycles. The third-order valence-corrected chi connectivity index (χ3v) is 3.59. The SMILES string of the molecule is O=C1NC(=O)/C(=C/c2cccc(Oc3ccccc3)c2)S1. The number of hydrogen-bond acceptors (Lipinski definition) is 4. The molecule has 2 aromatic rings. The molecule has 1 heterocycles. The van der Waals surface area contributed by atoms with Gasteiger partial charge in [-0.15, -0.1) is 0 Å². The number of imide groups is 1. The maximum Gasteiger partial charge on any atom is 0.290 e. The predicted molar refractivity (Wildman–Crippen MR) is 82.1 cm³/mol. The van der Waals surface area contributed by atoms with Crippen molar-refractivity contribution in [2.24, 2.45) is 0 Å². The summed E-state index contributed by atoms with van der Waals surface area (Å²) in [5.41, 5.74) is 0.802. The van der Waals surface area contributed by atoms with Crippen LogP contribution < -0.4 is 10.1 Å². The quantitative estimate of drug-likeness (QED) is 0.875. The average Bonchev–Trinajstić information content (AvgIpc) is 2.78. The highest BCUT2D eigenvalue weighted by Gasteiger charge is 2.24. The van der Waals surface area contributed by atoms with E-state index in [1.165, 1.54) is 0 Å². The van der Waals surface area contributed by atoms with Gasteiger partial charge in [0, 0.05) is 0 Å². The van der Waals surface area contributed by atoms with Gasteiger partial charge < -0.3 is 4.74 Å². The maximum atomic E-state index is 11.5. The Morgan fingerprint density at radius 3 is 2.43 bits per heavy atom. The number of rotatable bonds is 3. The van der Waals surface area contributed by atoms with Crippen molar-refractivity contribution in [1.29, 1.82) is 0 Å². The Kier molecular flexibility index (Phi) is 3.75. The first-order valence-corrected chi connectivity index (χ1v) is 7.10. The Labute approximate surface area is 125 Å². The fourth-order valence-electron chi connectivity index (χ4n) is 1.86. The Morgan fingerprint density at radius 1 is 0.952 bits per heavy atom. The molecule has 0 aliphatic carbocycles. The third kappa shape index (κ3) is 3.32. The molecule has 2 aromatic carbocycles. The molecule has 0 atom stereocenters. The van der Waals surface area contributed by atoms with Crippen molar-refractivity contribution < 1.29 is 14.3 Å². The molecular formula is C16H11NO3S. The fraction of sp³-hybridized carbons (Fsp3) is 0. The van der Waals surface area contributed by atoms with E-state index in [0.717, 1.165) is 23.1 Å². The smallest absolute Gasteiger partial charge is 0.290 e. The number of hydrogen-bond donors (Lipinski definition) is 1. The van der Waals surface area contributed by atoms with Crippen LogP contribution in [-0.4, -0.2) is 11.1 Å². The first kappa shape index (κ1) is 13.5. The standard InChI is InChI=1S/C16H11NO3S/c18-15-14(21-16(19)17-15)10-11-5-4-8-13(9-11)20-12-6-2-1-3-7-12/h1-10H,(H,17,18,19)/b14-10-. The molecule has 1 aliphatic rings. The zero-order valence-corrected chi connectivity index (χ0v) is 11.7. The third-order valence-electron chi connectivity index (χ3n) is 2.78. The summed E-state index contributed by atoms with van der Waals surface area (Å²) in [5, 5.41) is 1.88. The Balaban J connectivity index is 1.82. The molecule has 2 amide bonds. The lowest BCUT2D eigenvalue weighted by Gasteiger charge is -2.06. The van der Waals surface area contributed by atoms with E-state index < -0.39 is 0 Å². The van der Waals surface area contributed by atoms with Gasteiger partial charge in [-0.2, -0.15) is 0 Å². The number of amides is 2. The van der Waals surface area contributed by atoms with E-state index in [-0.39, 0.29) is 11.1 Å². The summed E-state index contributed by atoms with van der Waals surface area (Å²) in [4.78, 5) is 23.0. The van der Waals surface area contributed by atoms with Crippen LogP contribution in [0.25, 0.3) is 6.08 Å². The van der Waals surface area contributed by atoms with Gasteiger partial charge in [-0.3, -0.25) is 14.9 Å². The van der Waals surface area contributed by atoms with Crippen molar-refractivity contribution in [1.82, 2.24) is 5.32 Å². The largest absolute Gasteiger partial charge is 0.457 e. The number of para-hydroxylation sites is 1. The highest BCUT2D eigenvalue weighted by atomic mass is 32.2. The number of nitrogens with one attached hydrogen (secondary N) is 1.